The van der Waals surface area contributed by atoms with E-state index in [1.165, 1.54) is 19.4 Å². The van der Waals surface area contributed by atoms with Gasteiger partial charge in [0.15, 0.2) is 0 Å². The number of hydrogen-bond acceptors (Lipinski definition) is 2. The summed E-state index contributed by atoms with van der Waals surface area (Å²) < 4.78 is 0. The van der Waals surface area contributed by atoms with Crippen molar-refractivity contribution in [2.45, 2.75) is 19.8 Å². The maximum atomic E-state index is 2.34. The molecule has 0 radical (unpaired) electrons. The predicted octanol–water partition coefficient (Wildman–Crippen LogP) is -4.53. The van der Waals surface area contributed by atoms with E-state index in [1.807, 2.05) is 0 Å². The van der Waals surface area contributed by atoms with Crippen molar-refractivity contribution in [3.05, 3.63) is 12.4 Å². The first kappa shape index (κ1) is 15.9. The van der Waals surface area contributed by atoms with E-state index < -0.39 is 0 Å². The Morgan fingerprint density at radius 2 is 2.00 bits per heavy atom. The number of hydrogen-bond donors (Lipinski definition) is 0. The smallest absolute Gasteiger partial charge is 1.00 e. The third-order valence-electron chi connectivity index (χ3n) is 1.74. The molecule has 1 aliphatic heterocycles. The van der Waals surface area contributed by atoms with Gasteiger partial charge in [0.2, 0.25) is 0 Å². The predicted molar refractivity (Wildman–Crippen MR) is 43.4 cm³/mol. The van der Waals surface area contributed by atoms with Gasteiger partial charge < -0.3 is 26.8 Å². The summed E-state index contributed by atoms with van der Waals surface area (Å²) in [5.74, 6) is 0. The summed E-state index contributed by atoms with van der Waals surface area (Å²) in [4.78, 5) is 4.53. The molecule has 12 heavy (non-hydrogen) atoms. The summed E-state index contributed by atoms with van der Waals surface area (Å²) in [6, 6.07) is 0. The van der Waals surface area contributed by atoms with Crippen LogP contribution in [0, 0.1) is 0 Å². The molecule has 4 heteroatoms. The van der Waals surface area contributed by atoms with Crippen LogP contribution in [-0.4, -0.2) is 30.1 Å². The number of unbranched alkanes of at least 4 members (excludes halogenated alkanes) is 1. The van der Waals surface area contributed by atoms with Gasteiger partial charge in [0.05, 0.1) is 6.67 Å². The molecule has 0 saturated carbocycles. The first-order chi connectivity index (χ1) is 4.83. The van der Waals surface area contributed by atoms with Crippen molar-refractivity contribution < 1.29 is 68.4 Å². The van der Waals surface area contributed by atoms with Gasteiger partial charge in [-0.3, -0.25) is 0 Å². The van der Waals surface area contributed by atoms with E-state index in [1.54, 1.807) is 0 Å². The van der Waals surface area contributed by atoms with Crippen LogP contribution in [-0.2, 0) is 0 Å². The van der Waals surface area contributed by atoms with E-state index in [0.717, 1.165) is 6.67 Å². The fourth-order valence-corrected chi connectivity index (χ4v) is 1.10. The summed E-state index contributed by atoms with van der Waals surface area (Å²) >= 11 is 0. The van der Waals surface area contributed by atoms with Gasteiger partial charge in [0.25, 0.3) is 0 Å². The average Bonchev–Trinajstić information content (AvgIpc) is 2.31. The first-order valence-corrected chi connectivity index (χ1v) is 3.95. The van der Waals surface area contributed by atoms with Crippen molar-refractivity contribution in [3.63, 3.8) is 0 Å². The molecule has 1 rings (SSSR count). The summed E-state index contributed by atoms with van der Waals surface area (Å²) in [5, 5.41) is 0. The molecule has 0 atom stereocenters. The van der Waals surface area contributed by atoms with Gasteiger partial charge in [-0.05, 0) is 6.42 Å². The Kier molecular flexibility index (Phi) is 12.0. The first-order valence-electron chi connectivity index (χ1n) is 3.95. The standard InChI is InChI=1S/C8H16N2.BrH.K/c1-3-4-5-10-7-6-9(2)8-10;;/h6-7H,3-5,8H2,1-2H3;1H;/q;;+1/p-1. The fraction of sp³-hybridized carbons (Fsp3) is 0.750. The van der Waals surface area contributed by atoms with Gasteiger partial charge in [-0.1, -0.05) is 13.3 Å². The summed E-state index contributed by atoms with van der Waals surface area (Å²) in [6.07, 6.45) is 6.87. The quantitative estimate of drug-likeness (QED) is 0.471. The molecule has 0 saturated heterocycles. The Morgan fingerprint density at radius 1 is 1.33 bits per heavy atom. The molecule has 2 nitrogen and oxygen atoms in total. The molecule has 0 N–H and O–H groups in total. The summed E-state index contributed by atoms with van der Waals surface area (Å²) in [6.45, 7) is 4.50. The molecule has 1 heterocycles. The minimum absolute atomic E-state index is 0. The van der Waals surface area contributed by atoms with Crippen LogP contribution in [0.2, 0.25) is 0 Å². The average molecular weight is 259 g/mol. The Bertz CT molecular complexity index is 130. The van der Waals surface area contributed by atoms with Crippen LogP contribution in [0.15, 0.2) is 12.4 Å². The Balaban J connectivity index is 0. The Labute approximate surface area is 129 Å². The van der Waals surface area contributed by atoms with Gasteiger partial charge >= 0.3 is 51.4 Å². The van der Waals surface area contributed by atoms with E-state index in [2.05, 4.69) is 36.2 Å². The van der Waals surface area contributed by atoms with Crippen LogP contribution in [0.4, 0.5) is 0 Å². The zero-order valence-corrected chi connectivity index (χ0v) is 13.0. The monoisotopic (exact) mass is 258 g/mol. The van der Waals surface area contributed by atoms with E-state index >= 15 is 0 Å². The molecular formula is C8H16BrKN2. The normalized spacial score (nSPS) is 14.2. The minimum atomic E-state index is 0. The molecule has 0 unspecified atom stereocenters. The molecule has 0 aromatic carbocycles. The van der Waals surface area contributed by atoms with Crippen LogP contribution in [0.25, 0.3) is 0 Å². The number of nitrogens with zero attached hydrogens (tertiary/aromatic N) is 2. The van der Waals surface area contributed by atoms with Gasteiger partial charge in [-0.15, -0.1) is 0 Å². The maximum absolute atomic E-state index is 2.34. The van der Waals surface area contributed by atoms with E-state index in [0.29, 0.717) is 0 Å². The minimum Gasteiger partial charge on any atom is -1.00 e. The van der Waals surface area contributed by atoms with E-state index in [9.17, 15) is 0 Å². The largest absolute Gasteiger partial charge is 1.00 e. The second-order valence-corrected chi connectivity index (χ2v) is 2.86. The molecule has 0 fully saturated rings. The van der Waals surface area contributed by atoms with Crippen molar-refractivity contribution in [2.24, 2.45) is 0 Å². The van der Waals surface area contributed by atoms with Crippen molar-refractivity contribution in [1.29, 1.82) is 0 Å². The maximum Gasteiger partial charge on any atom is 1.00 e. The SMILES string of the molecule is CCCCN1C=CN(C)C1.[Br-].[K+]. The zero-order chi connectivity index (χ0) is 7.40. The summed E-state index contributed by atoms with van der Waals surface area (Å²) in [7, 11) is 2.10. The van der Waals surface area contributed by atoms with E-state index in [-0.39, 0.29) is 68.4 Å². The molecule has 0 bridgehead atoms. The van der Waals surface area contributed by atoms with Gasteiger partial charge in [-0.25, -0.2) is 0 Å². The third kappa shape index (κ3) is 5.99. The van der Waals surface area contributed by atoms with Crippen LogP contribution >= 0.6 is 0 Å². The molecule has 0 aromatic heterocycles. The van der Waals surface area contributed by atoms with Crippen LogP contribution in [0.5, 0.6) is 0 Å². The molecule has 1 aliphatic rings. The zero-order valence-electron chi connectivity index (χ0n) is 8.26. The van der Waals surface area contributed by atoms with Gasteiger partial charge in [-0.2, -0.15) is 0 Å². The van der Waals surface area contributed by atoms with Gasteiger partial charge in [0.1, 0.15) is 0 Å². The molecule has 0 amide bonds. The van der Waals surface area contributed by atoms with Crippen molar-refractivity contribution in [2.75, 3.05) is 20.3 Å². The van der Waals surface area contributed by atoms with Gasteiger partial charge in [0, 0.05) is 26.0 Å². The van der Waals surface area contributed by atoms with Crippen molar-refractivity contribution in [1.82, 2.24) is 9.80 Å². The number of halogens is 1. The molecule has 0 spiro atoms. The van der Waals surface area contributed by atoms with Crippen molar-refractivity contribution >= 4 is 0 Å². The second-order valence-electron chi connectivity index (χ2n) is 2.86. The number of rotatable bonds is 3. The Hall–Kier alpha value is 1.46. The van der Waals surface area contributed by atoms with Crippen LogP contribution < -0.4 is 68.4 Å². The Morgan fingerprint density at radius 3 is 2.42 bits per heavy atom. The van der Waals surface area contributed by atoms with Crippen molar-refractivity contribution in [3.8, 4) is 0 Å². The molecule has 0 aromatic rings. The molecular weight excluding hydrogens is 243 g/mol. The fourth-order valence-electron chi connectivity index (χ4n) is 1.10. The third-order valence-corrected chi connectivity index (χ3v) is 1.74. The molecule has 0 aliphatic carbocycles. The summed E-state index contributed by atoms with van der Waals surface area (Å²) in [5.41, 5.74) is 0. The van der Waals surface area contributed by atoms with E-state index in [4.69, 9.17) is 0 Å². The van der Waals surface area contributed by atoms with Crippen LogP contribution in [0.1, 0.15) is 19.8 Å². The second kappa shape index (κ2) is 9.03. The molecule has 66 valence electrons. The topological polar surface area (TPSA) is 6.48 Å². The van der Waals surface area contributed by atoms with Crippen LogP contribution in [0.3, 0.4) is 0 Å².